The lowest BCUT2D eigenvalue weighted by molar-refractivity contribution is 0.438. The summed E-state index contributed by atoms with van der Waals surface area (Å²) in [5, 5.41) is 0. The molecule has 0 spiro atoms. The smallest absolute Gasteiger partial charge is 0.310 e. The molecule has 0 fully saturated rings. The first kappa shape index (κ1) is 8.57. The molecule has 50 valence electrons. The first-order valence-corrected chi connectivity index (χ1v) is 8.44. The van der Waals surface area contributed by atoms with Gasteiger partial charge in [0.1, 0.15) is 20.2 Å². The summed E-state index contributed by atoms with van der Waals surface area (Å²) in [5.74, 6) is 0. The van der Waals surface area contributed by atoms with Gasteiger partial charge in [0.25, 0.3) is 0 Å². The van der Waals surface area contributed by atoms with E-state index in [0.717, 1.165) is 10.5 Å². The molecular formula is C3H14O2Si3. The monoisotopic (exact) mass is 166 g/mol. The van der Waals surface area contributed by atoms with Gasteiger partial charge in [0.05, 0.1) is 0 Å². The zero-order valence-electron chi connectivity index (χ0n) is 6.02. The highest BCUT2D eigenvalue weighted by molar-refractivity contribution is 6.71. The van der Waals surface area contributed by atoms with Crippen LogP contribution in [0.1, 0.15) is 0 Å². The molecule has 0 amide bonds. The van der Waals surface area contributed by atoms with Gasteiger partial charge in [-0.15, -0.1) is 0 Å². The van der Waals surface area contributed by atoms with Crippen molar-refractivity contribution in [3.63, 3.8) is 0 Å². The van der Waals surface area contributed by atoms with E-state index in [-0.39, 0.29) is 9.76 Å². The van der Waals surface area contributed by atoms with E-state index in [1.807, 2.05) is 0 Å². The summed E-state index contributed by atoms with van der Waals surface area (Å²) in [6.45, 7) is 6.32. The molecule has 0 aliphatic heterocycles. The van der Waals surface area contributed by atoms with Crippen molar-refractivity contribution < 1.29 is 8.23 Å². The Bertz CT molecular complexity index is 65.5. The van der Waals surface area contributed by atoms with Crippen LogP contribution in [0.3, 0.4) is 0 Å². The van der Waals surface area contributed by atoms with E-state index in [9.17, 15) is 0 Å². The van der Waals surface area contributed by atoms with Gasteiger partial charge in [0.15, 0.2) is 0 Å². The Morgan fingerprint density at radius 1 is 1.50 bits per heavy atom. The molecule has 0 N–H and O–H groups in total. The van der Waals surface area contributed by atoms with Gasteiger partial charge >= 0.3 is 8.56 Å². The Balaban J connectivity index is 3.37. The molecular weight excluding hydrogens is 152 g/mol. The van der Waals surface area contributed by atoms with Crippen LogP contribution in [0.4, 0.5) is 0 Å². The van der Waals surface area contributed by atoms with Gasteiger partial charge in [0.2, 0.25) is 0 Å². The molecule has 8 heavy (non-hydrogen) atoms. The maximum Gasteiger partial charge on any atom is 0.310 e. The summed E-state index contributed by atoms with van der Waals surface area (Å²) in [6, 6.07) is 0. The van der Waals surface area contributed by atoms with E-state index in [1.54, 1.807) is 0 Å². The number of hydrogen-bond donors (Lipinski definition) is 0. The van der Waals surface area contributed by atoms with Gasteiger partial charge in [-0.2, -0.15) is 0 Å². The average Bonchev–Trinajstić information content (AvgIpc) is 1.67. The van der Waals surface area contributed by atoms with E-state index < -0.39 is 8.56 Å². The zero-order chi connectivity index (χ0) is 6.62. The van der Waals surface area contributed by atoms with Crippen molar-refractivity contribution in [2.45, 2.75) is 19.6 Å². The predicted molar refractivity (Wildman–Crippen MR) is 44.0 cm³/mol. The van der Waals surface area contributed by atoms with Crippen molar-refractivity contribution in [3.05, 3.63) is 0 Å². The van der Waals surface area contributed by atoms with Crippen LogP contribution in [0, 0.1) is 0 Å². The second-order valence-electron chi connectivity index (χ2n) is 2.04. The molecule has 0 bridgehead atoms. The maximum atomic E-state index is 5.47. The average molecular weight is 166 g/mol. The summed E-state index contributed by atoms with van der Waals surface area (Å²) in [7, 11) is -0.976. The molecule has 0 saturated carbocycles. The Morgan fingerprint density at radius 2 is 2.00 bits per heavy atom. The third-order valence-corrected chi connectivity index (χ3v) is 8.85. The van der Waals surface area contributed by atoms with Crippen molar-refractivity contribution >= 4 is 28.8 Å². The topological polar surface area (TPSA) is 18.5 Å². The summed E-state index contributed by atoms with van der Waals surface area (Å²) in [6.07, 6.45) is 0. The predicted octanol–water partition coefficient (Wildman–Crippen LogP) is -0.866. The van der Waals surface area contributed by atoms with Crippen molar-refractivity contribution in [2.75, 3.05) is 0 Å². The minimum absolute atomic E-state index is 0.242. The van der Waals surface area contributed by atoms with Crippen LogP contribution in [0.25, 0.3) is 0 Å². The molecule has 0 aromatic carbocycles. The standard InChI is InChI=1S/C3H14O2Si3/c1-7-5-8(2,3)4-6/h7H2,1-3,6H3. The Morgan fingerprint density at radius 3 is 2.12 bits per heavy atom. The molecule has 0 atom stereocenters. The lowest BCUT2D eigenvalue weighted by Gasteiger charge is -2.19. The summed E-state index contributed by atoms with van der Waals surface area (Å²) in [4.78, 5) is 0. The van der Waals surface area contributed by atoms with Crippen molar-refractivity contribution in [1.29, 1.82) is 0 Å². The lowest BCUT2D eigenvalue weighted by atomic mass is 11.9. The molecule has 0 aliphatic rings. The minimum atomic E-state index is -1.55. The van der Waals surface area contributed by atoms with Crippen LogP contribution in [0.2, 0.25) is 19.6 Å². The fourth-order valence-electron chi connectivity index (χ4n) is 0.407. The quantitative estimate of drug-likeness (QED) is 0.508. The highest BCUT2D eigenvalue weighted by Gasteiger charge is 2.19. The van der Waals surface area contributed by atoms with Gasteiger partial charge in [-0.25, -0.2) is 0 Å². The largest absolute Gasteiger partial charge is 0.445 e. The number of hydrogen-bond acceptors (Lipinski definition) is 2. The third kappa shape index (κ3) is 3.56. The highest BCUT2D eigenvalue weighted by atomic mass is 28.4. The van der Waals surface area contributed by atoms with E-state index in [4.69, 9.17) is 8.23 Å². The van der Waals surface area contributed by atoms with E-state index in [1.165, 1.54) is 0 Å². The van der Waals surface area contributed by atoms with E-state index in [2.05, 4.69) is 19.6 Å². The van der Waals surface area contributed by atoms with Gasteiger partial charge in [-0.3, -0.25) is 0 Å². The first-order chi connectivity index (χ1) is 3.62. The van der Waals surface area contributed by atoms with Crippen molar-refractivity contribution in [2.24, 2.45) is 0 Å². The maximum absolute atomic E-state index is 5.47. The van der Waals surface area contributed by atoms with Gasteiger partial charge in [-0.1, -0.05) is 6.55 Å². The molecule has 0 heterocycles. The second kappa shape index (κ2) is 3.57. The molecule has 0 aromatic rings. The summed E-state index contributed by atoms with van der Waals surface area (Å²) < 4.78 is 10.7. The summed E-state index contributed by atoms with van der Waals surface area (Å²) in [5.41, 5.74) is 0. The van der Waals surface area contributed by atoms with Crippen molar-refractivity contribution in [1.82, 2.24) is 0 Å². The number of rotatable bonds is 3. The van der Waals surface area contributed by atoms with Crippen LogP contribution in [-0.2, 0) is 8.23 Å². The van der Waals surface area contributed by atoms with Crippen LogP contribution in [-0.4, -0.2) is 28.8 Å². The third-order valence-electron chi connectivity index (χ3n) is 0.984. The molecule has 0 saturated heterocycles. The Kier molecular flexibility index (Phi) is 3.82. The van der Waals surface area contributed by atoms with Crippen LogP contribution < -0.4 is 0 Å². The second-order valence-corrected chi connectivity index (χ2v) is 8.20. The van der Waals surface area contributed by atoms with Gasteiger partial charge in [0, 0.05) is 0 Å². The Labute approximate surface area is 57.3 Å². The molecule has 0 aromatic heterocycles. The molecule has 2 nitrogen and oxygen atoms in total. The zero-order valence-corrected chi connectivity index (χ0v) is 10.4. The molecule has 5 heteroatoms. The molecule has 0 aliphatic carbocycles. The lowest BCUT2D eigenvalue weighted by Crippen LogP contribution is -2.34. The van der Waals surface area contributed by atoms with Crippen LogP contribution in [0.15, 0.2) is 0 Å². The van der Waals surface area contributed by atoms with Gasteiger partial charge < -0.3 is 8.23 Å². The van der Waals surface area contributed by atoms with Gasteiger partial charge in [-0.05, 0) is 13.1 Å². The van der Waals surface area contributed by atoms with Crippen LogP contribution >= 0.6 is 0 Å². The molecule has 0 rings (SSSR count). The minimum Gasteiger partial charge on any atom is -0.445 e. The fourth-order valence-corrected chi connectivity index (χ4v) is 4.72. The fraction of sp³-hybridized carbons (Fsp3) is 1.00. The van der Waals surface area contributed by atoms with E-state index >= 15 is 0 Å². The Hall–Kier alpha value is 0.571. The normalized spacial score (nSPS) is 13.9. The summed E-state index contributed by atoms with van der Waals surface area (Å²) >= 11 is 0. The SMILES string of the molecule is C[SiH2]O[Si](C)(C)O[SiH3]. The van der Waals surface area contributed by atoms with Crippen LogP contribution in [0.5, 0.6) is 0 Å². The molecule has 0 radical (unpaired) electrons. The highest BCUT2D eigenvalue weighted by Crippen LogP contribution is 2.01. The van der Waals surface area contributed by atoms with E-state index in [0.29, 0.717) is 0 Å². The first-order valence-electron chi connectivity index (χ1n) is 2.81. The van der Waals surface area contributed by atoms with Crippen molar-refractivity contribution in [3.8, 4) is 0 Å². The molecule has 0 unspecified atom stereocenters.